The fraction of sp³-hybridized carbons (Fsp3) is 0.545. The normalized spacial score (nSPS) is 26.9. The average molecular weight is 250 g/mol. The number of hydrogen-bond acceptors (Lipinski definition) is 4. The van der Waals surface area contributed by atoms with Gasteiger partial charge in [0, 0.05) is 36.0 Å². The quantitative estimate of drug-likeness (QED) is 0.822. The summed E-state index contributed by atoms with van der Waals surface area (Å²) in [5.74, 6) is 1.41. The number of rotatable bonds is 1. The Morgan fingerprint density at radius 3 is 2.94 bits per heavy atom. The summed E-state index contributed by atoms with van der Waals surface area (Å²) in [6, 6.07) is 2.08. The van der Waals surface area contributed by atoms with Crippen LogP contribution < -0.4 is 5.32 Å². The average Bonchev–Trinajstić information content (AvgIpc) is 2.31. The van der Waals surface area contributed by atoms with E-state index in [0.717, 1.165) is 18.7 Å². The summed E-state index contributed by atoms with van der Waals surface area (Å²) in [7, 11) is 0. The molecule has 2 fully saturated rings. The molecule has 90 valence electrons. The molecule has 2 heterocycles. The number of amides is 2. The van der Waals surface area contributed by atoms with Gasteiger partial charge in [0.2, 0.25) is 5.95 Å². The van der Waals surface area contributed by atoms with Gasteiger partial charge in [-0.2, -0.15) is 11.8 Å². The number of nitrogens with one attached hydrogen (secondary N) is 1. The van der Waals surface area contributed by atoms with Gasteiger partial charge >= 0.3 is 6.03 Å². The number of thioether (sulfide) groups is 1. The molecule has 0 aromatic carbocycles. The van der Waals surface area contributed by atoms with Crippen molar-refractivity contribution in [3.8, 4) is 0 Å². The lowest BCUT2D eigenvalue weighted by Gasteiger charge is -2.47. The highest BCUT2D eigenvalue weighted by molar-refractivity contribution is 8.00. The van der Waals surface area contributed by atoms with Crippen molar-refractivity contribution in [1.29, 1.82) is 0 Å². The predicted molar refractivity (Wildman–Crippen MR) is 67.0 cm³/mol. The summed E-state index contributed by atoms with van der Waals surface area (Å²) in [5, 5.41) is 3.40. The van der Waals surface area contributed by atoms with E-state index in [-0.39, 0.29) is 6.03 Å². The number of anilines is 1. The van der Waals surface area contributed by atoms with Gasteiger partial charge in [-0.05, 0) is 18.9 Å². The molecule has 3 rings (SSSR count). The van der Waals surface area contributed by atoms with Gasteiger partial charge in [0.1, 0.15) is 0 Å². The smallest absolute Gasteiger partial charge is 0.320 e. The van der Waals surface area contributed by atoms with Crippen molar-refractivity contribution in [3.63, 3.8) is 0 Å². The molecule has 1 aromatic heterocycles. The maximum Gasteiger partial charge on any atom is 0.324 e. The lowest BCUT2D eigenvalue weighted by molar-refractivity contribution is 0.153. The van der Waals surface area contributed by atoms with Gasteiger partial charge in [-0.3, -0.25) is 5.32 Å². The zero-order valence-electron chi connectivity index (χ0n) is 9.37. The first-order valence-corrected chi connectivity index (χ1v) is 6.86. The molecule has 1 N–H and O–H groups in total. The summed E-state index contributed by atoms with van der Waals surface area (Å²) in [6.45, 7) is 0.824. The minimum Gasteiger partial charge on any atom is -0.320 e. The van der Waals surface area contributed by atoms with Crippen LogP contribution in [0.2, 0.25) is 0 Å². The topological polar surface area (TPSA) is 58.1 Å². The van der Waals surface area contributed by atoms with Gasteiger partial charge in [-0.15, -0.1) is 0 Å². The van der Waals surface area contributed by atoms with Crippen LogP contribution in [0.15, 0.2) is 18.5 Å². The third-order valence-corrected chi connectivity index (χ3v) is 4.68. The Morgan fingerprint density at radius 1 is 1.41 bits per heavy atom. The molecule has 0 bridgehead atoms. The molecule has 2 amide bonds. The third kappa shape index (κ3) is 2.09. The number of carbonyl (C=O) groups is 1. The fourth-order valence-electron chi connectivity index (χ4n) is 2.25. The molecule has 6 heteroatoms. The SMILES string of the molecule is O=C(Nc1ncccn1)N1CCSC2CCC21. The highest BCUT2D eigenvalue weighted by Crippen LogP contribution is 2.39. The molecule has 0 radical (unpaired) electrons. The fourth-order valence-corrected chi connectivity index (χ4v) is 3.67. The zero-order chi connectivity index (χ0) is 11.7. The Hall–Kier alpha value is -1.30. The molecule has 1 saturated carbocycles. The van der Waals surface area contributed by atoms with Crippen LogP contribution in [0.4, 0.5) is 10.7 Å². The molecule has 1 aromatic rings. The highest BCUT2D eigenvalue weighted by Gasteiger charge is 2.41. The van der Waals surface area contributed by atoms with Gasteiger partial charge in [0.15, 0.2) is 0 Å². The standard InChI is InChI=1S/C11H14N4OS/c16-11(14-10-12-4-1-5-13-10)15-6-7-17-9-3-2-8(9)15/h1,4-5,8-9H,2-3,6-7H2,(H,12,13,14,16). The lowest BCUT2D eigenvalue weighted by atomic mass is 9.90. The van der Waals surface area contributed by atoms with E-state index in [2.05, 4.69) is 15.3 Å². The van der Waals surface area contributed by atoms with E-state index in [1.54, 1.807) is 18.5 Å². The van der Waals surface area contributed by atoms with E-state index < -0.39 is 0 Å². The number of fused-ring (bicyclic) bond motifs is 1. The number of hydrogen-bond donors (Lipinski definition) is 1. The van der Waals surface area contributed by atoms with Crippen molar-refractivity contribution in [3.05, 3.63) is 18.5 Å². The molecular weight excluding hydrogens is 236 g/mol. The van der Waals surface area contributed by atoms with E-state index in [0.29, 0.717) is 17.2 Å². The van der Waals surface area contributed by atoms with Crippen molar-refractivity contribution < 1.29 is 4.79 Å². The van der Waals surface area contributed by atoms with Gasteiger partial charge in [0.05, 0.1) is 0 Å². The maximum atomic E-state index is 12.1. The summed E-state index contributed by atoms with van der Waals surface area (Å²) in [6.07, 6.45) is 5.61. The second-order valence-electron chi connectivity index (χ2n) is 4.25. The first-order chi connectivity index (χ1) is 8.34. The van der Waals surface area contributed by atoms with E-state index in [1.165, 1.54) is 6.42 Å². The largest absolute Gasteiger partial charge is 0.324 e. The van der Waals surface area contributed by atoms with Crippen LogP contribution in [0.3, 0.4) is 0 Å². The minimum absolute atomic E-state index is 0.0637. The second-order valence-corrected chi connectivity index (χ2v) is 5.60. The van der Waals surface area contributed by atoms with Crippen LogP contribution in [-0.2, 0) is 0 Å². The van der Waals surface area contributed by atoms with Crippen molar-refractivity contribution in [2.24, 2.45) is 0 Å². The molecular formula is C11H14N4OS. The first-order valence-electron chi connectivity index (χ1n) is 5.81. The second kappa shape index (κ2) is 4.52. The van der Waals surface area contributed by atoms with E-state index >= 15 is 0 Å². The van der Waals surface area contributed by atoms with Crippen LogP contribution in [0.25, 0.3) is 0 Å². The van der Waals surface area contributed by atoms with Crippen LogP contribution in [0.5, 0.6) is 0 Å². The minimum atomic E-state index is -0.0637. The van der Waals surface area contributed by atoms with Crippen LogP contribution in [-0.4, -0.2) is 44.5 Å². The van der Waals surface area contributed by atoms with Crippen molar-refractivity contribution in [2.75, 3.05) is 17.6 Å². The lowest BCUT2D eigenvalue weighted by Crippen LogP contribution is -2.56. The summed E-state index contributed by atoms with van der Waals surface area (Å²) < 4.78 is 0. The van der Waals surface area contributed by atoms with Gasteiger partial charge < -0.3 is 4.90 Å². The van der Waals surface area contributed by atoms with Crippen LogP contribution in [0.1, 0.15) is 12.8 Å². The number of carbonyl (C=O) groups excluding carboxylic acids is 1. The van der Waals surface area contributed by atoms with Crippen molar-refractivity contribution in [1.82, 2.24) is 14.9 Å². The van der Waals surface area contributed by atoms with Crippen LogP contribution >= 0.6 is 11.8 Å². The Balaban J connectivity index is 1.66. The summed E-state index contributed by atoms with van der Waals surface area (Å²) in [4.78, 5) is 22.0. The Morgan fingerprint density at radius 2 is 2.24 bits per heavy atom. The number of urea groups is 1. The van der Waals surface area contributed by atoms with Gasteiger partial charge in [-0.25, -0.2) is 14.8 Å². The molecule has 1 aliphatic carbocycles. The summed E-state index contributed by atoms with van der Waals surface area (Å²) in [5.41, 5.74) is 0. The van der Waals surface area contributed by atoms with Crippen molar-refractivity contribution in [2.45, 2.75) is 24.1 Å². The Labute approximate surface area is 104 Å². The van der Waals surface area contributed by atoms with Gasteiger partial charge in [0.25, 0.3) is 0 Å². The highest BCUT2D eigenvalue weighted by atomic mass is 32.2. The molecule has 5 nitrogen and oxygen atoms in total. The third-order valence-electron chi connectivity index (χ3n) is 3.29. The van der Waals surface area contributed by atoms with E-state index in [4.69, 9.17) is 0 Å². The van der Waals surface area contributed by atoms with Gasteiger partial charge in [-0.1, -0.05) is 0 Å². The van der Waals surface area contributed by atoms with E-state index in [1.807, 2.05) is 16.7 Å². The molecule has 0 spiro atoms. The maximum absolute atomic E-state index is 12.1. The molecule has 17 heavy (non-hydrogen) atoms. The summed E-state index contributed by atoms with van der Waals surface area (Å²) >= 11 is 1.99. The molecule has 1 aliphatic heterocycles. The number of nitrogens with zero attached hydrogens (tertiary/aromatic N) is 3. The Bertz CT molecular complexity index is 413. The first kappa shape index (κ1) is 10.8. The molecule has 2 unspecified atom stereocenters. The van der Waals surface area contributed by atoms with Crippen LogP contribution in [0, 0.1) is 0 Å². The molecule has 1 saturated heterocycles. The predicted octanol–water partition coefficient (Wildman–Crippen LogP) is 1.59. The zero-order valence-corrected chi connectivity index (χ0v) is 10.2. The van der Waals surface area contributed by atoms with Crippen molar-refractivity contribution >= 4 is 23.7 Å². The molecule has 2 aliphatic rings. The number of aromatic nitrogens is 2. The molecule has 2 atom stereocenters. The monoisotopic (exact) mass is 250 g/mol. The van der Waals surface area contributed by atoms with E-state index in [9.17, 15) is 4.79 Å². The Kier molecular flexibility index (Phi) is 2.88.